The third kappa shape index (κ3) is 4.02. The van der Waals surface area contributed by atoms with Gasteiger partial charge in [0.2, 0.25) is 0 Å². The number of rotatable bonds is 6. The summed E-state index contributed by atoms with van der Waals surface area (Å²) >= 11 is 0. The fourth-order valence-corrected chi connectivity index (χ4v) is 3.34. The molecule has 1 amide bonds. The van der Waals surface area contributed by atoms with E-state index in [1.165, 1.54) is 0 Å². The predicted molar refractivity (Wildman–Crippen MR) is 95.0 cm³/mol. The van der Waals surface area contributed by atoms with Crippen molar-refractivity contribution in [1.29, 1.82) is 0 Å². The van der Waals surface area contributed by atoms with E-state index in [4.69, 9.17) is 4.74 Å². The van der Waals surface area contributed by atoms with Gasteiger partial charge in [0.25, 0.3) is 5.91 Å². The molecule has 25 heavy (non-hydrogen) atoms. The van der Waals surface area contributed by atoms with E-state index in [1.54, 1.807) is 10.9 Å². The molecule has 1 aromatic heterocycles. The van der Waals surface area contributed by atoms with Gasteiger partial charge in [-0.15, -0.1) is 0 Å². The van der Waals surface area contributed by atoms with Crippen molar-refractivity contribution in [2.45, 2.75) is 38.6 Å². The first-order valence-electron chi connectivity index (χ1n) is 8.92. The Bertz CT molecular complexity index is 699. The second kappa shape index (κ2) is 8.16. The standard InChI is InChI=1S/C19H25N3O3/c1-2-25-17-12-22(15-9-4-3-5-10-15)21-18(17)19(24)20-16-11-7-6-8-14(16)13-23/h3-5,9-10,12,14,16,23H,2,6-8,11,13H2,1H3,(H,20,24). The first-order chi connectivity index (χ1) is 12.2. The molecule has 0 radical (unpaired) electrons. The van der Waals surface area contributed by atoms with Crippen molar-refractivity contribution in [1.82, 2.24) is 15.1 Å². The van der Waals surface area contributed by atoms with E-state index < -0.39 is 0 Å². The summed E-state index contributed by atoms with van der Waals surface area (Å²) in [7, 11) is 0. The van der Waals surface area contributed by atoms with Crippen LogP contribution in [0.2, 0.25) is 0 Å². The molecule has 1 aliphatic rings. The van der Waals surface area contributed by atoms with Crippen LogP contribution < -0.4 is 10.1 Å². The number of carbonyl (C=O) groups excluding carboxylic acids is 1. The molecule has 3 rings (SSSR count). The molecule has 0 saturated heterocycles. The predicted octanol–water partition coefficient (Wildman–Crippen LogP) is 2.55. The Morgan fingerprint density at radius 3 is 2.80 bits per heavy atom. The molecular weight excluding hydrogens is 318 g/mol. The molecule has 0 bridgehead atoms. The molecule has 1 aromatic carbocycles. The Labute approximate surface area is 147 Å². The Morgan fingerprint density at radius 2 is 2.08 bits per heavy atom. The van der Waals surface area contributed by atoms with Crippen molar-refractivity contribution in [3.05, 3.63) is 42.2 Å². The van der Waals surface area contributed by atoms with Gasteiger partial charge in [0.1, 0.15) is 0 Å². The fraction of sp³-hybridized carbons (Fsp3) is 0.474. The number of hydrogen-bond acceptors (Lipinski definition) is 4. The number of carbonyl (C=O) groups is 1. The summed E-state index contributed by atoms with van der Waals surface area (Å²) in [6.07, 6.45) is 5.74. The third-order valence-corrected chi connectivity index (χ3v) is 4.68. The second-order valence-corrected chi connectivity index (χ2v) is 6.36. The summed E-state index contributed by atoms with van der Waals surface area (Å²) in [4.78, 5) is 12.8. The van der Waals surface area contributed by atoms with Gasteiger partial charge in [0, 0.05) is 18.6 Å². The van der Waals surface area contributed by atoms with E-state index >= 15 is 0 Å². The topological polar surface area (TPSA) is 76.4 Å². The van der Waals surface area contributed by atoms with E-state index in [0.29, 0.717) is 12.4 Å². The molecule has 0 spiro atoms. The molecule has 2 atom stereocenters. The van der Waals surface area contributed by atoms with Crippen molar-refractivity contribution < 1.29 is 14.6 Å². The lowest BCUT2D eigenvalue weighted by Gasteiger charge is -2.30. The smallest absolute Gasteiger partial charge is 0.275 e. The number of ether oxygens (including phenoxy) is 1. The summed E-state index contributed by atoms with van der Waals surface area (Å²) in [5, 5.41) is 17.0. The number of amides is 1. The molecule has 1 heterocycles. The van der Waals surface area contributed by atoms with Crippen LogP contribution in [0.5, 0.6) is 5.75 Å². The maximum absolute atomic E-state index is 12.8. The van der Waals surface area contributed by atoms with Gasteiger partial charge in [0.05, 0.1) is 18.5 Å². The van der Waals surface area contributed by atoms with Crippen LogP contribution in [0.4, 0.5) is 0 Å². The lowest BCUT2D eigenvalue weighted by Crippen LogP contribution is -2.43. The molecular formula is C19H25N3O3. The highest BCUT2D eigenvalue weighted by molar-refractivity contribution is 5.95. The molecule has 1 aliphatic carbocycles. The summed E-state index contributed by atoms with van der Waals surface area (Å²) in [6.45, 7) is 2.44. The minimum absolute atomic E-state index is 0.0115. The van der Waals surface area contributed by atoms with Gasteiger partial charge in [0.15, 0.2) is 11.4 Å². The van der Waals surface area contributed by atoms with E-state index in [9.17, 15) is 9.90 Å². The minimum atomic E-state index is -0.247. The van der Waals surface area contributed by atoms with Crippen molar-refractivity contribution >= 4 is 5.91 Å². The summed E-state index contributed by atoms with van der Waals surface area (Å²) in [6, 6.07) is 9.61. The summed E-state index contributed by atoms with van der Waals surface area (Å²) in [5.41, 5.74) is 1.15. The molecule has 6 heteroatoms. The summed E-state index contributed by atoms with van der Waals surface area (Å²) in [5.74, 6) is 0.341. The molecule has 1 fully saturated rings. The number of hydrogen-bond donors (Lipinski definition) is 2. The van der Waals surface area contributed by atoms with Crippen LogP contribution in [0.25, 0.3) is 5.69 Å². The highest BCUT2D eigenvalue weighted by atomic mass is 16.5. The molecule has 6 nitrogen and oxygen atoms in total. The number of aliphatic hydroxyl groups is 1. The number of benzene rings is 1. The SMILES string of the molecule is CCOc1cn(-c2ccccc2)nc1C(=O)NC1CCCCC1CO. The van der Waals surface area contributed by atoms with Gasteiger partial charge >= 0.3 is 0 Å². The van der Waals surface area contributed by atoms with Gasteiger partial charge in [-0.3, -0.25) is 4.79 Å². The maximum atomic E-state index is 12.8. The second-order valence-electron chi connectivity index (χ2n) is 6.36. The normalized spacial score (nSPS) is 20.2. The van der Waals surface area contributed by atoms with E-state index in [2.05, 4.69) is 10.4 Å². The van der Waals surface area contributed by atoms with Crippen LogP contribution in [0, 0.1) is 5.92 Å². The van der Waals surface area contributed by atoms with Gasteiger partial charge in [-0.25, -0.2) is 4.68 Å². The van der Waals surface area contributed by atoms with Crippen LogP contribution in [-0.2, 0) is 0 Å². The van der Waals surface area contributed by atoms with E-state index in [0.717, 1.165) is 31.4 Å². The van der Waals surface area contributed by atoms with Crippen molar-refractivity contribution in [2.24, 2.45) is 5.92 Å². The quantitative estimate of drug-likeness (QED) is 0.845. The average molecular weight is 343 g/mol. The van der Waals surface area contributed by atoms with Gasteiger partial charge < -0.3 is 15.2 Å². The van der Waals surface area contributed by atoms with Gasteiger partial charge in [-0.05, 0) is 31.9 Å². The van der Waals surface area contributed by atoms with E-state index in [1.807, 2.05) is 37.3 Å². The Hall–Kier alpha value is -2.34. The molecule has 1 saturated carbocycles. The van der Waals surface area contributed by atoms with Crippen molar-refractivity contribution in [3.8, 4) is 11.4 Å². The maximum Gasteiger partial charge on any atom is 0.275 e. The minimum Gasteiger partial charge on any atom is -0.490 e. The molecule has 2 unspecified atom stereocenters. The molecule has 2 aromatic rings. The number of nitrogens with zero attached hydrogens (tertiary/aromatic N) is 2. The zero-order valence-corrected chi connectivity index (χ0v) is 14.5. The fourth-order valence-electron chi connectivity index (χ4n) is 3.34. The van der Waals surface area contributed by atoms with Gasteiger partial charge in [-0.1, -0.05) is 31.0 Å². The van der Waals surface area contributed by atoms with Crippen LogP contribution in [0.3, 0.4) is 0 Å². The monoisotopic (exact) mass is 343 g/mol. The zero-order valence-electron chi connectivity index (χ0n) is 14.5. The highest BCUT2D eigenvalue weighted by Gasteiger charge is 2.28. The van der Waals surface area contributed by atoms with E-state index in [-0.39, 0.29) is 30.2 Å². The first kappa shape index (κ1) is 17.5. The average Bonchev–Trinajstić information content (AvgIpc) is 3.07. The Kier molecular flexibility index (Phi) is 5.71. The molecule has 0 aliphatic heterocycles. The Balaban J connectivity index is 1.82. The van der Waals surface area contributed by atoms with Crippen LogP contribution in [-0.4, -0.2) is 40.0 Å². The molecule has 134 valence electrons. The lowest BCUT2D eigenvalue weighted by atomic mass is 9.85. The van der Waals surface area contributed by atoms with Crippen LogP contribution in [0.1, 0.15) is 43.1 Å². The number of para-hydroxylation sites is 1. The number of nitrogens with one attached hydrogen (secondary N) is 1. The molecule has 2 N–H and O–H groups in total. The third-order valence-electron chi connectivity index (χ3n) is 4.68. The van der Waals surface area contributed by atoms with Gasteiger partial charge in [-0.2, -0.15) is 5.10 Å². The highest BCUT2D eigenvalue weighted by Crippen LogP contribution is 2.25. The first-order valence-corrected chi connectivity index (χ1v) is 8.92. The van der Waals surface area contributed by atoms with Crippen molar-refractivity contribution in [2.75, 3.05) is 13.2 Å². The zero-order chi connectivity index (χ0) is 17.6. The Morgan fingerprint density at radius 1 is 1.32 bits per heavy atom. The largest absolute Gasteiger partial charge is 0.490 e. The van der Waals surface area contributed by atoms with Crippen LogP contribution in [0.15, 0.2) is 36.5 Å². The van der Waals surface area contributed by atoms with Crippen molar-refractivity contribution in [3.63, 3.8) is 0 Å². The van der Waals surface area contributed by atoms with Crippen LogP contribution >= 0.6 is 0 Å². The summed E-state index contributed by atoms with van der Waals surface area (Å²) < 4.78 is 7.27. The number of aromatic nitrogens is 2. The number of aliphatic hydroxyl groups excluding tert-OH is 1. The lowest BCUT2D eigenvalue weighted by molar-refractivity contribution is 0.0863.